The van der Waals surface area contributed by atoms with Crippen LogP contribution < -0.4 is 10.6 Å². The number of rotatable bonds is 7. The molecular formula is C21H27N3O3S2. The first-order chi connectivity index (χ1) is 14.0. The summed E-state index contributed by atoms with van der Waals surface area (Å²) in [4.78, 5) is 41.3. The van der Waals surface area contributed by atoms with E-state index in [9.17, 15) is 14.4 Å². The Labute approximate surface area is 179 Å². The van der Waals surface area contributed by atoms with Gasteiger partial charge in [0, 0.05) is 19.1 Å². The summed E-state index contributed by atoms with van der Waals surface area (Å²) < 4.78 is 0. The minimum Gasteiger partial charge on any atom is -0.352 e. The highest BCUT2D eigenvalue weighted by Gasteiger charge is 2.34. The Kier molecular flexibility index (Phi) is 7.44. The maximum absolute atomic E-state index is 12.9. The van der Waals surface area contributed by atoms with Crippen LogP contribution in [0.25, 0.3) is 0 Å². The number of piperidine rings is 1. The fourth-order valence-electron chi connectivity index (χ4n) is 3.44. The number of thiophene rings is 2. The van der Waals surface area contributed by atoms with Crippen LogP contribution in [0.15, 0.2) is 35.0 Å². The molecule has 8 heteroatoms. The van der Waals surface area contributed by atoms with Crippen LogP contribution in [-0.4, -0.2) is 47.8 Å². The molecule has 3 amide bonds. The molecule has 1 fully saturated rings. The van der Waals surface area contributed by atoms with E-state index in [2.05, 4.69) is 10.6 Å². The van der Waals surface area contributed by atoms with E-state index in [-0.39, 0.29) is 29.7 Å². The van der Waals surface area contributed by atoms with Crippen LogP contribution in [0.1, 0.15) is 52.5 Å². The number of nitrogens with one attached hydrogen (secondary N) is 2. The summed E-state index contributed by atoms with van der Waals surface area (Å²) in [6.45, 7) is 5.14. The average molecular weight is 434 g/mol. The standard InChI is InChI=1S/C21H27N3O3S2/c1-3-14(2)22-20(26)18(23-19(25)16-6-4-12-28-16)15-8-10-24(11-9-15)21(27)17-7-5-13-29-17/h4-7,12-15,18H,3,8-11H2,1-2H3,(H,22,26)(H,23,25)/t14-,18+/m0/s1. The van der Waals surface area contributed by atoms with Gasteiger partial charge in [0.15, 0.2) is 0 Å². The fraction of sp³-hybridized carbons (Fsp3) is 0.476. The normalized spacial score (nSPS) is 16.8. The summed E-state index contributed by atoms with van der Waals surface area (Å²) >= 11 is 2.80. The van der Waals surface area contributed by atoms with E-state index in [1.165, 1.54) is 22.7 Å². The smallest absolute Gasteiger partial charge is 0.263 e. The van der Waals surface area contributed by atoms with E-state index in [1.54, 1.807) is 6.07 Å². The summed E-state index contributed by atoms with van der Waals surface area (Å²) in [6, 6.07) is 6.73. The molecule has 0 spiro atoms. The summed E-state index contributed by atoms with van der Waals surface area (Å²) in [5.41, 5.74) is 0. The van der Waals surface area contributed by atoms with Crippen LogP contribution in [0.5, 0.6) is 0 Å². The second-order valence-electron chi connectivity index (χ2n) is 7.35. The third-order valence-corrected chi connectivity index (χ3v) is 7.07. The molecule has 3 rings (SSSR count). The number of likely N-dealkylation sites (tertiary alicyclic amines) is 1. The molecule has 0 unspecified atom stereocenters. The summed E-state index contributed by atoms with van der Waals surface area (Å²) in [6.07, 6.45) is 2.19. The van der Waals surface area contributed by atoms with Crippen LogP contribution in [0.4, 0.5) is 0 Å². The van der Waals surface area contributed by atoms with Crippen molar-refractivity contribution in [1.29, 1.82) is 0 Å². The lowest BCUT2D eigenvalue weighted by molar-refractivity contribution is -0.125. The maximum atomic E-state index is 12.9. The fourth-order valence-corrected chi connectivity index (χ4v) is 4.76. The highest BCUT2D eigenvalue weighted by Crippen LogP contribution is 2.24. The quantitative estimate of drug-likeness (QED) is 0.703. The van der Waals surface area contributed by atoms with E-state index in [4.69, 9.17) is 0 Å². The Balaban J connectivity index is 1.66. The Hall–Kier alpha value is -2.19. The molecule has 0 bridgehead atoms. The van der Waals surface area contributed by atoms with Gasteiger partial charge < -0.3 is 15.5 Å². The van der Waals surface area contributed by atoms with Crippen molar-refractivity contribution in [3.05, 3.63) is 44.8 Å². The van der Waals surface area contributed by atoms with E-state index in [0.717, 1.165) is 11.3 Å². The first-order valence-corrected chi connectivity index (χ1v) is 11.7. The van der Waals surface area contributed by atoms with Gasteiger partial charge in [0.1, 0.15) is 6.04 Å². The van der Waals surface area contributed by atoms with Gasteiger partial charge >= 0.3 is 0 Å². The molecular weight excluding hydrogens is 406 g/mol. The SMILES string of the molecule is CC[C@H](C)NC(=O)[C@H](NC(=O)c1cccs1)C1CCN(C(=O)c2cccs2)CC1. The minimum absolute atomic E-state index is 0.00430. The van der Waals surface area contributed by atoms with Crippen molar-refractivity contribution in [3.8, 4) is 0 Å². The lowest BCUT2D eigenvalue weighted by Gasteiger charge is -2.36. The largest absolute Gasteiger partial charge is 0.352 e. The molecule has 2 aromatic rings. The van der Waals surface area contributed by atoms with Crippen molar-refractivity contribution in [2.45, 2.75) is 45.2 Å². The summed E-state index contributed by atoms with van der Waals surface area (Å²) in [7, 11) is 0. The van der Waals surface area contributed by atoms with Crippen molar-refractivity contribution in [2.75, 3.05) is 13.1 Å². The molecule has 2 N–H and O–H groups in total. The second-order valence-corrected chi connectivity index (χ2v) is 9.25. The predicted molar refractivity (Wildman–Crippen MR) is 116 cm³/mol. The van der Waals surface area contributed by atoms with Gasteiger partial charge in [0.2, 0.25) is 5.91 Å². The second kappa shape index (κ2) is 10.0. The van der Waals surface area contributed by atoms with Gasteiger partial charge in [-0.2, -0.15) is 0 Å². The van der Waals surface area contributed by atoms with Crippen LogP contribution in [0.2, 0.25) is 0 Å². The number of carbonyl (C=O) groups excluding carboxylic acids is 3. The van der Waals surface area contributed by atoms with Crippen LogP contribution in [0, 0.1) is 5.92 Å². The summed E-state index contributed by atoms with van der Waals surface area (Å²) in [5, 5.41) is 9.70. The van der Waals surface area contributed by atoms with E-state index >= 15 is 0 Å². The number of carbonyl (C=O) groups is 3. The van der Waals surface area contributed by atoms with Crippen molar-refractivity contribution >= 4 is 40.4 Å². The topological polar surface area (TPSA) is 78.5 Å². The van der Waals surface area contributed by atoms with E-state index in [1.807, 2.05) is 47.7 Å². The molecule has 2 atom stereocenters. The van der Waals surface area contributed by atoms with Crippen molar-refractivity contribution < 1.29 is 14.4 Å². The maximum Gasteiger partial charge on any atom is 0.263 e. The molecule has 29 heavy (non-hydrogen) atoms. The Morgan fingerprint density at radius 1 is 1.07 bits per heavy atom. The third kappa shape index (κ3) is 5.45. The van der Waals surface area contributed by atoms with Crippen molar-refractivity contribution in [2.24, 2.45) is 5.92 Å². The Morgan fingerprint density at radius 2 is 1.69 bits per heavy atom. The van der Waals surface area contributed by atoms with Gasteiger partial charge in [0.25, 0.3) is 11.8 Å². The molecule has 6 nitrogen and oxygen atoms in total. The van der Waals surface area contributed by atoms with Gasteiger partial charge in [-0.15, -0.1) is 22.7 Å². The molecule has 1 aliphatic rings. The molecule has 3 heterocycles. The van der Waals surface area contributed by atoms with E-state index in [0.29, 0.717) is 30.8 Å². The number of amides is 3. The molecule has 1 aliphatic heterocycles. The molecule has 0 aliphatic carbocycles. The molecule has 0 saturated carbocycles. The van der Waals surface area contributed by atoms with Gasteiger partial charge in [-0.25, -0.2) is 0 Å². The molecule has 2 aromatic heterocycles. The van der Waals surface area contributed by atoms with Gasteiger partial charge in [0.05, 0.1) is 9.75 Å². The highest BCUT2D eigenvalue weighted by molar-refractivity contribution is 7.12. The molecule has 0 radical (unpaired) electrons. The predicted octanol–water partition coefficient (Wildman–Crippen LogP) is 3.38. The highest BCUT2D eigenvalue weighted by atomic mass is 32.1. The van der Waals surface area contributed by atoms with Crippen LogP contribution in [-0.2, 0) is 4.79 Å². The van der Waals surface area contributed by atoms with Crippen LogP contribution >= 0.6 is 22.7 Å². The molecule has 1 saturated heterocycles. The number of hydrogen-bond acceptors (Lipinski definition) is 5. The lowest BCUT2D eigenvalue weighted by atomic mass is 9.88. The number of nitrogens with zero attached hydrogens (tertiary/aromatic N) is 1. The lowest BCUT2D eigenvalue weighted by Crippen LogP contribution is -2.55. The van der Waals surface area contributed by atoms with Crippen LogP contribution in [0.3, 0.4) is 0 Å². The average Bonchev–Trinajstić information content (AvgIpc) is 3.45. The van der Waals surface area contributed by atoms with Gasteiger partial charge in [-0.3, -0.25) is 14.4 Å². The third-order valence-electron chi connectivity index (χ3n) is 5.35. The summed E-state index contributed by atoms with van der Waals surface area (Å²) in [5.74, 6) is -0.328. The Morgan fingerprint density at radius 3 is 2.24 bits per heavy atom. The first kappa shape index (κ1) is 21.5. The van der Waals surface area contributed by atoms with E-state index < -0.39 is 6.04 Å². The van der Waals surface area contributed by atoms with Gasteiger partial charge in [-0.05, 0) is 55.0 Å². The first-order valence-electron chi connectivity index (χ1n) is 9.97. The van der Waals surface area contributed by atoms with Gasteiger partial charge in [-0.1, -0.05) is 19.1 Å². The number of hydrogen-bond donors (Lipinski definition) is 2. The molecule has 0 aromatic carbocycles. The zero-order chi connectivity index (χ0) is 20.8. The molecule has 156 valence electrons. The monoisotopic (exact) mass is 433 g/mol. The van der Waals surface area contributed by atoms with Crippen molar-refractivity contribution in [1.82, 2.24) is 15.5 Å². The zero-order valence-electron chi connectivity index (χ0n) is 16.7. The Bertz CT molecular complexity index is 812. The minimum atomic E-state index is -0.599. The van der Waals surface area contributed by atoms with Crippen molar-refractivity contribution in [3.63, 3.8) is 0 Å². The zero-order valence-corrected chi connectivity index (χ0v) is 18.4.